The molecule has 2 amide bonds. The summed E-state index contributed by atoms with van der Waals surface area (Å²) in [5.74, 6) is 0.0488. The predicted molar refractivity (Wildman–Crippen MR) is 89.6 cm³/mol. The summed E-state index contributed by atoms with van der Waals surface area (Å²) in [6.45, 7) is 8.64. The number of amides is 2. The van der Waals surface area contributed by atoms with Crippen LogP contribution in [-0.4, -0.2) is 61.1 Å². The van der Waals surface area contributed by atoms with Crippen LogP contribution >= 0.6 is 0 Å². The maximum absolute atomic E-state index is 12.3. The lowest BCUT2D eigenvalue weighted by molar-refractivity contribution is -0.130. The number of piperazine rings is 1. The van der Waals surface area contributed by atoms with Gasteiger partial charge in [-0.15, -0.1) is 0 Å². The van der Waals surface area contributed by atoms with Crippen LogP contribution in [0.4, 0.5) is 10.5 Å². The smallest absolute Gasteiger partial charge is 0.409 e. The van der Waals surface area contributed by atoms with Crippen LogP contribution in [0.1, 0.15) is 18.1 Å². The van der Waals surface area contributed by atoms with Crippen molar-refractivity contribution in [3.05, 3.63) is 29.3 Å². The number of aryl methyl sites for hydroxylation is 2. The second-order valence-corrected chi connectivity index (χ2v) is 5.80. The zero-order valence-electron chi connectivity index (χ0n) is 14.1. The van der Waals surface area contributed by atoms with E-state index >= 15 is 0 Å². The molecule has 6 nitrogen and oxygen atoms in total. The number of ether oxygens (including phenoxy) is 1. The molecular formula is C17H25N3O3. The Labute approximate surface area is 137 Å². The molecule has 126 valence electrons. The minimum Gasteiger partial charge on any atom is -0.450 e. The largest absolute Gasteiger partial charge is 0.450 e. The Bertz CT molecular complexity index is 546. The van der Waals surface area contributed by atoms with Crippen molar-refractivity contribution in [1.82, 2.24) is 9.80 Å². The summed E-state index contributed by atoms with van der Waals surface area (Å²) in [4.78, 5) is 27.3. The van der Waals surface area contributed by atoms with Crippen LogP contribution in [0.15, 0.2) is 18.2 Å². The van der Waals surface area contributed by atoms with Crippen molar-refractivity contribution >= 4 is 17.7 Å². The van der Waals surface area contributed by atoms with Gasteiger partial charge in [-0.25, -0.2) is 4.79 Å². The molecule has 0 aromatic heterocycles. The van der Waals surface area contributed by atoms with E-state index in [0.29, 0.717) is 32.8 Å². The summed E-state index contributed by atoms with van der Waals surface area (Å²) in [6.07, 6.45) is -0.298. The van der Waals surface area contributed by atoms with Crippen molar-refractivity contribution in [2.45, 2.75) is 20.8 Å². The third-order valence-electron chi connectivity index (χ3n) is 3.82. The van der Waals surface area contributed by atoms with Gasteiger partial charge >= 0.3 is 6.09 Å². The Morgan fingerprint density at radius 1 is 1.04 bits per heavy atom. The molecule has 1 heterocycles. The number of nitrogens with one attached hydrogen (secondary N) is 1. The first-order valence-electron chi connectivity index (χ1n) is 8.01. The molecule has 1 aliphatic heterocycles. The van der Waals surface area contributed by atoms with Crippen molar-refractivity contribution in [3.63, 3.8) is 0 Å². The highest BCUT2D eigenvalue weighted by Gasteiger charge is 2.24. The number of anilines is 1. The average molecular weight is 319 g/mol. The van der Waals surface area contributed by atoms with Crippen molar-refractivity contribution in [2.24, 2.45) is 0 Å². The van der Waals surface area contributed by atoms with Gasteiger partial charge in [0.15, 0.2) is 0 Å². The van der Waals surface area contributed by atoms with E-state index in [-0.39, 0.29) is 18.5 Å². The van der Waals surface area contributed by atoms with Crippen LogP contribution in [0, 0.1) is 13.8 Å². The van der Waals surface area contributed by atoms with E-state index in [1.165, 1.54) is 11.1 Å². The standard InChI is InChI=1S/C17H25N3O3/c1-4-23-17(22)20-7-5-19(6-8-20)16(21)12-18-15-10-13(2)9-14(3)11-15/h9-11,18H,4-8,12H2,1-3H3. The molecular weight excluding hydrogens is 294 g/mol. The number of carbonyl (C=O) groups excluding carboxylic acids is 2. The van der Waals surface area contributed by atoms with Gasteiger partial charge in [0.2, 0.25) is 5.91 Å². The summed E-state index contributed by atoms with van der Waals surface area (Å²) >= 11 is 0. The highest BCUT2D eigenvalue weighted by Crippen LogP contribution is 2.13. The van der Waals surface area contributed by atoms with Gasteiger partial charge in [-0.3, -0.25) is 4.79 Å². The summed E-state index contributed by atoms with van der Waals surface area (Å²) < 4.78 is 4.98. The van der Waals surface area contributed by atoms with Gasteiger partial charge in [-0.2, -0.15) is 0 Å². The van der Waals surface area contributed by atoms with E-state index in [2.05, 4.69) is 11.4 Å². The number of nitrogens with zero attached hydrogens (tertiary/aromatic N) is 2. The van der Waals surface area contributed by atoms with E-state index in [9.17, 15) is 9.59 Å². The number of benzene rings is 1. The van der Waals surface area contributed by atoms with Gasteiger partial charge < -0.3 is 19.9 Å². The lowest BCUT2D eigenvalue weighted by Crippen LogP contribution is -2.51. The van der Waals surface area contributed by atoms with Crippen LogP contribution < -0.4 is 5.32 Å². The van der Waals surface area contributed by atoms with Crippen molar-refractivity contribution in [2.75, 3.05) is 44.6 Å². The molecule has 0 bridgehead atoms. The molecule has 1 saturated heterocycles. The zero-order valence-corrected chi connectivity index (χ0v) is 14.1. The SMILES string of the molecule is CCOC(=O)N1CCN(C(=O)CNc2cc(C)cc(C)c2)CC1. The number of carbonyl (C=O) groups is 2. The highest BCUT2D eigenvalue weighted by atomic mass is 16.6. The first-order chi connectivity index (χ1) is 11.0. The van der Waals surface area contributed by atoms with Gasteiger partial charge in [-0.1, -0.05) is 6.07 Å². The molecule has 6 heteroatoms. The Balaban J connectivity index is 1.80. The summed E-state index contributed by atoms with van der Waals surface area (Å²) in [7, 11) is 0. The fourth-order valence-electron chi connectivity index (χ4n) is 2.72. The van der Waals surface area contributed by atoms with Gasteiger partial charge in [0.1, 0.15) is 0 Å². The second kappa shape index (κ2) is 7.85. The van der Waals surface area contributed by atoms with Crippen LogP contribution in [0.2, 0.25) is 0 Å². The molecule has 1 aromatic carbocycles. The summed E-state index contributed by atoms with van der Waals surface area (Å²) in [5, 5.41) is 3.18. The number of hydrogen-bond acceptors (Lipinski definition) is 4. The minimum atomic E-state index is -0.298. The fraction of sp³-hybridized carbons (Fsp3) is 0.529. The molecule has 0 saturated carbocycles. The lowest BCUT2D eigenvalue weighted by Gasteiger charge is -2.34. The highest BCUT2D eigenvalue weighted by molar-refractivity contribution is 5.81. The van der Waals surface area contributed by atoms with Crippen LogP contribution in [-0.2, 0) is 9.53 Å². The minimum absolute atomic E-state index is 0.0488. The first-order valence-corrected chi connectivity index (χ1v) is 8.01. The Kier molecular flexibility index (Phi) is 5.84. The van der Waals surface area contributed by atoms with Gasteiger partial charge in [0.05, 0.1) is 13.2 Å². The molecule has 0 unspecified atom stereocenters. The average Bonchev–Trinajstić information content (AvgIpc) is 2.52. The van der Waals surface area contributed by atoms with E-state index in [0.717, 1.165) is 5.69 Å². The van der Waals surface area contributed by atoms with E-state index in [4.69, 9.17) is 4.74 Å². The maximum atomic E-state index is 12.3. The monoisotopic (exact) mass is 319 g/mol. The Morgan fingerprint density at radius 3 is 2.17 bits per heavy atom. The molecule has 1 aromatic rings. The molecule has 0 atom stereocenters. The Morgan fingerprint density at radius 2 is 1.61 bits per heavy atom. The molecule has 0 spiro atoms. The predicted octanol–water partition coefficient (Wildman–Crippen LogP) is 2.02. The molecule has 0 radical (unpaired) electrons. The first kappa shape index (κ1) is 17.1. The maximum Gasteiger partial charge on any atom is 0.409 e. The molecule has 0 aliphatic carbocycles. The van der Waals surface area contributed by atoms with Crippen LogP contribution in [0.25, 0.3) is 0 Å². The van der Waals surface area contributed by atoms with Crippen LogP contribution in [0.5, 0.6) is 0 Å². The topological polar surface area (TPSA) is 61.9 Å². The zero-order chi connectivity index (χ0) is 16.8. The molecule has 1 N–H and O–H groups in total. The fourth-order valence-corrected chi connectivity index (χ4v) is 2.72. The van der Waals surface area contributed by atoms with E-state index in [1.807, 2.05) is 26.0 Å². The van der Waals surface area contributed by atoms with Crippen molar-refractivity contribution < 1.29 is 14.3 Å². The van der Waals surface area contributed by atoms with E-state index < -0.39 is 0 Å². The summed E-state index contributed by atoms with van der Waals surface area (Å²) in [6, 6.07) is 6.15. The van der Waals surface area contributed by atoms with Gasteiger partial charge in [0, 0.05) is 31.9 Å². The third-order valence-corrected chi connectivity index (χ3v) is 3.82. The van der Waals surface area contributed by atoms with Crippen molar-refractivity contribution in [3.8, 4) is 0 Å². The summed E-state index contributed by atoms with van der Waals surface area (Å²) in [5.41, 5.74) is 3.30. The van der Waals surface area contributed by atoms with Gasteiger partial charge in [-0.05, 0) is 44.0 Å². The number of rotatable bonds is 4. The quantitative estimate of drug-likeness (QED) is 0.922. The number of hydrogen-bond donors (Lipinski definition) is 1. The normalized spacial score (nSPS) is 14.6. The van der Waals surface area contributed by atoms with E-state index in [1.54, 1.807) is 16.7 Å². The molecule has 1 aliphatic rings. The third kappa shape index (κ3) is 4.87. The molecule has 1 fully saturated rings. The molecule has 23 heavy (non-hydrogen) atoms. The second-order valence-electron chi connectivity index (χ2n) is 5.80. The Hall–Kier alpha value is -2.24. The van der Waals surface area contributed by atoms with Crippen molar-refractivity contribution in [1.29, 1.82) is 0 Å². The van der Waals surface area contributed by atoms with Gasteiger partial charge in [0.25, 0.3) is 0 Å². The molecule has 2 rings (SSSR count). The van der Waals surface area contributed by atoms with Crippen LogP contribution in [0.3, 0.4) is 0 Å². The lowest BCUT2D eigenvalue weighted by atomic mass is 10.1.